The molecule has 1 aliphatic rings. The van der Waals surface area contributed by atoms with E-state index in [9.17, 15) is 4.79 Å². The molecule has 0 N–H and O–H groups in total. The average Bonchev–Trinajstić information content (AvgIpc) is 1.87. The molecule has 1 saturated heterocycles. The molecule has 1 rings (SSSR count). The minimum Gasteiger partial charge on any atom is -0.399 e. The molecule has 0 unspecified atom stereocenters. The van der Waals surface area contributed by atoms with E-state index in [4.69, 9.17) is 19.2 Å². The third-order valence-electron chi connectivity index (χ3n) is 1.10. The highest BCUT2D eigenvalue weighted by Crippen LogP contribution is 2.24. The van der Waals surface area contributed by atoms with Gasteiger partial charge in [0.25, 0.3) is 0 Å². The zero-order valence-electron chi connectivity index (χ0n) is 7.54. The molecule has 0 spiro atoms. The van der Waals surface area contributed by atoms with E-state index in [2.05, 4.69) is 0 Å². The van der Waals surface area contributed by atoms with Crippen molar-refractivity contribution in [1.29, 1.82) is 0 Å². The highest BCUT2D eigenvalue weighted by Gasteiger charge is 2.38. The van der Waals surface area contributed by atoms with Gasteiger partial charge in [-0.1, -0.05) is 0 Å². The van der Waals surface area contributed by atoms with E-state index in [0.717, 1.165) is 0 Å². The predicted molar refractivity (Wildman–Crippen MR) is 37.9 cm³/mol. The molecule has 0 aromatic rings. The van der Waals surface area contributed by atoms with Crippen LogP contribution in [0.5, 0.6) is 0 Å². The summed E-state index contributed by atoms with van der Waals surface area (Å²) in [6.45, 7) is 6.20. The Bertz CT molecular complexity index is 176. The molecule has 0 atom stereocenters. The maximum absolute atomic E-state index is 10.9. The summed E-state index contributed by atoms with van der Waals surface area (Å²) < 4.78 is 9.45. The summed E-state index contributed by atoms with van der Waals surface area (Å²) in [5.74, 6) is -2.21. The molecule has 70 valence electrons. The van der Waals surface area contributed by atoms with E-state index in [1.165, 1.54) is 0 Å². The van der Waals surface area contributed by atoms with Gasteiger partial charge in [0.2, 0.25) is 11.6 Å². The first-order chi connectivity index (χ1) is 5.31. The van der Waals surface area contributed by atoms with Gasteiger partial charge < -0.3 is 9.47 Å². The molecule has 1 fully saturated rings. The van der Waals surface area contributed by atoms with Crippen molar-refractivity contribution in [3.63, 3.8) is 0 Å². The van der Waals surface area contributed by atoms with E-state index in [0.29, 0.717) is 0 Å². The van der Waals surface area contributed by atoms with Crippen LogP contribution in [0.4, 0.5) is 4.79 Å². The van der Waals surface area contributed by atoms with E-state index >= 15 is 0 Å². The molecule has 0 aromatic heterocycles. The molecule has 1 aliphatic heterocycles. The lowest BCUT2D eigenvalue weighted by atomic mass is 10.4. The van der Waals surface area contributed by atoms with Crippen molar-refractivity contribution in [2.45, 2.75) is 39.3 Å². The first kappa shape index (κ1) is 9.28. The van der Waals surface area contributed by atoms with Gasteiger partial charge in [0, 0.05) is 27.7 Å². The molecule has 0 amide bonds. The molecule has 1 heterocycles. The highest BCUT2D eigenvalue weighted by molar-refractivity contribution is 5.60. The summed E-state index contributed by atoms with van der Waals surface area (Å²) in [5.41, 5.74) is 0. The molecule has 0 bridgehead atoms. The Morgan fingerprint density at radius 1 is 0.917 bits per heavy atom. The number of carbonyl (C=O) groups is 1. The molecule has 0 aromatic carbocycles. The second-order valence-electron chi connectivity index (χ2n) is 3.42. The fourth-order valence-corrected chi connectivity index (χ4v) is 0.657. The van der Waals surface area contributed by atoms with Gasteiger partial charge in [0.1, 0.15) is 0 Å². The van der Waals surface area contributed by atoms with Crippen LogP contribution in [0.25, 0.3) is 0 Å². The summed E-state index contributed by atoms with van der Waals surface area (Å²) in [4.78, 5) is 20.5. The van der Waals surface area contributed by atoms with Crippen molar-refractivity contribution in [2.24, 2.45) is 0 Å². The Balaban J connectivity index is 2.72. The fourth-order valence-electron chi connectivity index (χ4n) is 0.657. The van der Waals surface area contributed by atoms with E-state index in [1.807, 2.05) is 0 Å². The summed E-state index contributed by atoms with van der Waals surface area (Å²) in [5, 5.41) is 0. The van der Waals surface area contributed by atoms with Crippen LogP contribution in [-0.4, -0.2) is 17.7 Å². The van der Waals surface area contributed by atoms with Gasteiger partial charge in [-0.25, -0.2) is 4.79 Å². The van der Waals surface area contributed by atoms with E-state index in [-0.39, 0.29) is 0 Å². The number of carbonyl (C=O) groups excluding carboxylic acids is 1. The highest BCUT2D eigenvalue weighted by atomic mass is 17.3. The first-order valence-electron chi connectivity index (χ1n) is 3.60. The van der Waals surface area contributed by atoms with Crippen LogP contribution >= 0.6 is 0 Å². The van der Waals surface area contributed by atoms with Crippen LogP contribution < -0.4 is 0 Å². The van der Waals surface area contributed by atoms with E-state index in [1.54, 1.807) is 27.7 Å². The van der Waals surface area contributed by atoms with Crippen molar-refractivity contribution < 1.29 is 24.0 Å². The van der Waals surface area contributed by atoms with Crippen molar-refractivity contribution in [2.75, 3.05) is 0 Å². The summed E-state index contributed by atoms with van der Waals surface area (Å²) in [6, 6.07) is 0. The monoisotopic (exact) mass is 176 g/mol. The summed E-state index contributed by atoms with van der Waals surface area (Å²) in [7, 11) is 0. The fraction of sp³-hybridized carbons (Fsp3) is 0.857. The maximum Gasteiger partial charge on any atom is 0.513 e. The van der Waals surface area contributed by atoms with Gasteiger partial charge in [0.15, 0.2) is 0 Å². The lowest BCUT2D eigenvalue weighted by molar-refractivity contribution is -0.452. The Kier molecular flexibility index (Phi) is 2.01. The number of cyclic esters (lactones) is 2. The number of hydrogen-bond donors (Lipinski definition) is 0. The van der Waals surface area contributed by atoms with E-state index < -0.39 is 17.7 Å². The number of rotatable bonds is 0. The van der Waals surface area contributed by atoms with Crippen LogP contribution in [0.2, 0.25) is 0 Å². The van der Waals surface area contributed by atoms with Gasteiger partial charge in [0.05, 0.1) is 0 Å². The van der Waals surface area contributed by atoms with Gasteiger partial charge in [-0.15, -0.1) is 0 Å². The Morgan fingerprint density at radius 3 is 1.58 bits per heavy atom. The van der Waals surface area contributed by atoms with Gasteiger partial charge in [-0.2, -0.15) is 9.78 Å². The average molecular weight is 176 g/mol. The zero-order valence-corrected chi connectivity index (χ0v) is 7.54. The SMILES string of the molecule is CC1(C)OOC(C)(C)OC(=O)O1. The summed E-state index contributed by atoms with van der Waals surface area (Å²) in [6.07, 6.45) is -0.803. The third-order valence-corrected chi connectivity index (χ3v) is 1.10. The van der Waals surface area contributed by atoms with Gasteiger partial charge in [-0.05, 0) is 0 Å². The Labute approximate surface area is 70.5 Å². The molecule has 0 radical (unpaired) electrons. The molecular formula is C7H12O5. The molecule has 5 nitrogen and oxygen atoms in total. The smallest absolute Gasteiger partial charge is 0.399 e. The summed E-state index contributed by atoms with van der Waals surface area (Å²) >= 11 is 0. The van der Waals surface area contributed by atoms with Crippen molar-refractivity contribution in [3.8, 4) is 0 Å². The van der Waals surface area contributed by atoms with Crippen LogP contribution in [0.1, 0.15) is 27.7 Å². The molecular weight excluding hydrogens is 164 g/mol. The maximum atomic E-state index is 10.9. The van der Waals surface area contributed by atoms with Crippen molar-refractivity contribution in [3.05, 3.63) is 0 Å². The first-order valence-corrected chi connectivity index (χ1v) is 3.60. The minimum atomic E-state index is -1.11. The van der Waals surface area contributed by atoms with Crippen LogP contribution in [0.3, 0.4) is 0 Å². The standard InChI is InChI=1S/C7H12O5/c1-6(2)9-5(8)10-7(3,4)12-11-6/h1-4H3. The Morgan fingerprint density at radius 2 is 1.25 bits per heavy atom. The minimum absolute atomic E-state index is 0.803. The lowest BCUT2D eigenvalue weighted by Crippen LogP contribution is -2.29. The topological polar surface area (TPSA) is 54.0 Å². The van der Waals surface area contributed by atoms with Crippen LogP contribution in [0.15, 0.2) is 0 Å². The van der Waals surface area contributed by atoms with Crippen molar-refractivity contribution >= 4 is 6.16 Å². The second-order valence-corrected chi connectivity index (χ2v) is 3.42. The Hall–Kier alpha value is -0.810. The quantitative estimate of drug-likeness (QED) is 0.414. The second kappa shape index (κ2) is 2.60. The molecule has 0 aliphatic carbocycles. The normalized spacial score (nSPS) is 26.8. The molecule has 12 heavy (non-hydrogen) atoms. The van der Waals surface area contributed by atoms with Gasteiger partial charge in [-0.3, -0.25) is 0 Å². The van der Waals surface area contributed by atoms with Crippen LogP contribution in [-0.2, 0) is 19.2 Å². The predicted octanol–water partition coefficient (Wildman–Crippen LogP) is 1.57. The third kappa shape index (κ3) is 2.35. The molecule has 0 saturated carbocycles. The molecule has 5 heteroatoms. The zero-order chi connectivity index (χ0) is 9.41. The largest absolute Gasteiger partial charge is 0.513 e. The number of hydrogen-bond acceptors (Lipinski definition) is 5. The number of ether oxygens (including phenoxy) is 2. The van der Waals surface area contributed by atoms with Crippen LogP contribution in [0, 0.1) is 0 Å². The lowest BCUT2D eigenvalue weighted by Gasteiger charge is -2.20. The van der Waals surface area contributed by atoms with Gasteiger partial charge >= 0.3 is 6.16 Å². The van der Waals surface area contributed by atoms with Crippen molar-refractivity contribution in [1.82, 2.24) is 0 Å².